The molecule has 6 heteroatoms. The van der Waals surface area contributed by atoms with Crippen molar-refractivity contribution in [3.63, 3.8) is 0 Å². The Morgan fingerprint density at radius 2 is 2.32 bits per heavy atom. The zero-order chi connectivity index (χ0) is 13.7. The van der Waals surface area contributed by atoms with E-state index in [1.807, 2.05) is 26.0 Å². The summed E-state index contributed by atoms with van der Waals surface area (Å²) in [7, 11) is 0. The highest BCUT2D eigenvalue weighted by atomic mass is 32.2. The molecule has 5 nitrogen and oxygen atoms in total. The lowest BCUT2D eigenvalue weighted by atomic mass is 10.3. The standard InChI is InChI=1S/C13H16N4OS/c1-3-5-9-10(15-4-2)6-16-13(17-9)19-12-8-14-7-11(12)18/h3,5-8,14-15,18H,4H2,1-2H3/b5-3+. The lowest BCUT2D eigenvalue weighted by Crippen LogP contribution is -2.02. The molecule has 0 amide bonds. The highest BCUT2D eigenvalue weighted by Crippen LogP contribution is 2.32. The van der Waals surface area contributed by atoms with Crippen molar-refractivity contribution in [1.29, 1.82) is 0 Å². The molecule has 0 atom stereocenters. The first-order valence-corrected chi connectivity index (χ1v) is 6.83. The number of aromatic nitrogens is 3. The minimum atomic E-state index is 0.206. The topological polar surface area (TPSA) is 73.8 Å². The van der Waals surface area contributed by atoms with E-state index in [1.165, 1.54) is 18.0 Å². The first-order valence-electron chi connectivity index (χ1n) is 6.01. The Bertz CT molecular complexity index is 580. The first kappa shape index (κ1) is 13.5. The normalized spacial score (nSPS) is 11.1. The largest absolute Gasteiger partial charge is 0.505 e. The molecule has 0 spiro atoms. The molecule has 0 aliphatic heterocycles. The van der Waals surface area contributed by atoms with Gasteiger partial charge in [0.2, 0.25) is 0 Å². The Hall–Kier alpha value is -1.95. The molecule has 2 heterocycles. The van der Waals surface area contributed by atoms with E-state index in [0.717, 1.165) is 17.9 Å². The second kappa shape index (κ2) is 6.29. The minimum Gasteiger partial charge on any atom is -0.505 e. The van der Waals surface area contributed by atoms with E-state index in [2.05, 4.69) is 20.3 Å². The second-order valence-corrected chi connectivity index (χ2v) is 4.80. The number of hydrogen-bond acceptors (Lipinski definition) is 5. The van der Waals surface area contributed by atoms with Crippen molar-refractivity contribution in [1.82, 2.24) is 15.0 Å². The van der Waals surface area contributed by atoms with Crippen molar-refractivity contribution >= 4 is 23.5 Å². The summed E-state index contributed by atoms with van der Waals surface area (Å²) < 4.78 is 0. The Labute approximate surface area is 116 Å². The van der Waals surface area contributed by atoms with Crippen LogP contribution in [0.4, 0.5) is 5.69 Å². The quantitative estimate of drug-likeness (QED) is 0.732. The van der Waals surface area contributed by atoms with E-state index in [4.69, 9.17) is 0 Å². The van der Waals surface area contributed by atoms with E-state index in [0.29, 0.717) is 10.1 Å². The van der Waals surface area contributed by atoms with Gasteiger partial charge in [-0.25, -0.2) is 9.97 Å². The number of aromatic amines is 1. The Morgan fingerprint density at radius 1 is 1.47 bits per heavy atom. The molecule has 0 saturated heterocycles. The van der Waals surface area contributed by atoms with Gasteiger partial charge >= 0.3 is 0 Å². The molecule has 2 aromatic rings. The van der Waals surface area contributed by atoms with Crippen LogP contribution in [-0.2, 0) is 0 Å². The SMILES string of the molecule is C/C=C/c1nc(Sc2c[nH]cc2O)ncc1NCC. The maximum Gasteiger partial charge on any atom is 0.193 e. The van der Waals surface area contributed by atoms with Crippen molar-refractivity contribution in [3.05, 3.63) is 30.4 Å². The zero-order valence-electron chi connectivity index (χ0n) is 10.8. The summed E-state index contributed by atoms with van der Waals surface area (Å²) in [4.78, 5) is 12.3. The molecule has 0 aliphatic rings. The van der Waals surface area contributed by atoms with Crippen LogP contribution in [0, 0.1) is 0 Å². The Morgan fingerprint density at radius 3 is 2.95 bits per heavy atom. The van der Waals surface area contributed by atoms with E-state index >= 15 is 0 Å². The van der Waals surface area contributed by atoms with Gasteiger partial charge in [-0.2, -0.15) is 0 Å². The molecular weight excluding hydrogens is 260 g/mol. The van der Waals surface area contributed by atoms with E-state index < -0.39 is 0 Å². The van der Waals surface area contributed by atoms with Crippen LogP contribution in [0.2, 0.25) is 0 Å². The number of nitrogens with one attached hydrogen (secondary N) is 2. The highest BCUT2D eigenvalue weighted by molar-refractivity contribution is 7.99. The molecule has 2 aromatic heterocycles. The molecule has 0 saturated carbocycles. The summed E-state index contributed by atoms with van der Waals surface area (Å²) in [6, 6.07) is 0. The summed E-state index contributed by atoms with van der Waals surface area (Å²) in [5.41, 5.74) is 1.75. The molecule has 0 fully saturated rings. The summed E-state index contributed by atoms with van der Waals surface area (Å²) >= 11 is 1.32. The van der Waals surface area contributed by atoms with E-state index in [9.17, 15) is 5.11 Å². The first-order chi connectivity index (χ1) is 9.24. The minimum absolute atomic E-state index is 0.206. The molecule has 0 aromatic carbocycles. The van der Waals surface area contributed by atoms with Crippen LogP contribution in [0.1, 0.15) is 19.5 Å². The van der Waals surface area contributed by atoms with Crippen LogP contribution >= 0.6 is 11.8 Å². The molecule has 2 rings (SSSR count). The summed E-state index contributed by atoms with van der Waals surface area (Å²) in [5, 5.41) is 13.4. The van der Waals surface area contributed by atoms with Crippen LogP contribution in [-0.4, -0.2) is 26.6 Å². The van der Waals surface area contributed by atoms with Crippen LogP contribution < -0.4 is 5.32 Å². The highest BCUT2D eigenvalue weighted by Gasteiger charge is 2.09. The van der Waals surface area contributed by atoms with Gasteiger partial charge in [-0.15, -0.1) is 0 Å². The van der Waals surface area contributed by atoms with E-state index in [-0.39, 0.29) is 5.75 Å². The van der Waals surface area contributed by atoms with Crippen molar-refractivity contribution in [2.24, 2.45) is 0 Å². The van der Waals surface area contributed by atoms with Crippen molar-refractivity contribution in [3.8, 4) is 5.75 Å². The second-order valence-electron chi connectivity index (χ2n) is 3.79. The third-order valence-corrected chi connectivity index (χ3v) is 3.30. The lowest BCUT2D eigenvalue weighted by Gasteiger charge is -2.07. The third kappa shape index (κ3) is 3.29. The molecule has 0 unspecified atom stereocenters. The monoisotopic (exact) mass is 276 g/mol. The number of nitrogens with zero attached hydrogens (tertiary/aromatic N) is 2. The Balaban J connectivity index is 2.27. The summed E-state index contributed by atoms with van der Waals surface area (Å²) in [5.74, 6) is 0.206. The molecule has 0 aliphatic carbocycles. The molecule has 0 radical (unpaired) electrons. The fraction of sp³-hybridized carbons (Fsp3) is 0.231. The van der Waals surface area contributed by atoms with Gasteiger partial charge in [0.1, 0.15) is 5.75 Å². The van der Waals surface area contributed by atoms with Gasteiger partial charge in [-0.1, -0.05) is 6.08 Å². The van der Waals surface area contributed by atoms with Gasteiger partial charge < -0.3 is 15.4 Å². The van der Waals surface area contributed by atoms with Crippen LogP contribution in [0.15, 0.2) is 34.7 Å². The fourth-order valence-corrected chi connectivity index (χ4v) is 2.30. The number of hydrogen-bond donors (Lipinski definition) is 3. The molecule has 0 bridgehead atoms. The van der Waals surface area contributed by atoms with Crippen LogP contribution in [0.5, 0.6) is 5.75 Å². The van der Waals surface area contributed by atoms with Gasteiger partial charge in [0.05, 0.1) is 22.5 Å². The lowest BCUT2D eigenvalue weighted by molar-refractivity contribution is 0.464. The molecule has 100 valence electrons. The average Bonchev–Trinajstić information content (AvgIpc) is 2.79. The van der Waals surface area contributed by atoms with Gasteiger partial charge in [0.15, 0.2) is 5.16 Å². The number of allylic oxidation sites excluding steroid dienone is 1. The van der Waals surface area contributed by atoms with Gasteiger partial charge in [0, 0.05) is 18.9 Å². The zero-order valence-corrected chi connectivity index (χ0v) is 11.7. The van der Waals surface area contributed by atoms with Crippen LogP contribution in [0.25, 0.3) is 6.08 Å². The predicted molar refractivity (Wildman–Crippen MR) is 77.5 cm³/mol. The number of H-pyrrole nitrogens is 1. The van der Waals surface area contributed by atoms with E-state index in [1.54, 1.807) is 12.4 Å². The van der Waals surface area contributed by atoms with Gasteiger partial charge in [0.25, 0.3) is 0 Å². The third-order valence-electron chi connectivity index (χ3n) is 2.38. The number of aromatic hydroxyl groups is 1. The van der Waals surface area contributed by atoms with Gasteiger partial charge in [-0.05, 0) is 31.7 Å². The van der Waals surface area contributed by atoms with Crippen molar-refractivity contribution < 1.29 is 5.11 Å². The molecular formula is C13H16N4OS. The average molecular weight is 276 g/mol. The smallest absolute Gasteiger partial charge is 0.193 e. The maximum atomic E-state index is 9.59. The summed E-state index contributed by atoms with van der Waals surface area (Å²) in [6.45, 7) is 4.79. The number of anilines is 1. The molecule has 3 N–H and O–H groups in total. The molecule has 19 heavy (non-hydrogen) atoms. The predicted octanol–water partition coefficient (Wildman–Crippen LogP) is 3.13. The van der Waals surface area contributed by atoms with Crippen LogP contribution in [0.3, 0.4) is 0 Å². The Kier molecular flexibility index (Phi) is 4.46. The fourth-order valence-electron chi connectivity index (χ4n) is 1.56. The van der Waals surface area contributed by atoms with Crippen molar-refractivity contribution in [2.45, 2.75) is 23.9 Å². The summed E-state index contributed by atoms with van der Waals surface area (Å²) in [6.07, 6.45) is 8.88. The maximum absolute atomic E-state index is 9.59. The number of rotatable bonds is 5. The van der Waals surface area contributed by atoms with Crippen molar-refractivity contribution in [2.75, 3.05) is 11.9 Å². The van der Waals surface area contributed by atoms with Gasteiger partial charge in [-0.3, -0.25) is 0 Å².